The third-order valence-electron chi connectivity index (χ3n) is 7.22. The van der Waals surface area contributed by atoms with E-state index in [9.17, 15) is 8.78 Å². The molecule has 3 aliphatic carbocycles. The molecule has 3 fully saturated rings. The lowest BCUT2D eigenvalue weighted by molar-refractivity contribution is 0.173. The lowest BCUT2D eigenvalue weighted by atomic mass is 9.99. The van der Waals surface area contributed by atoms with E-state index in [1.165, 1.54) is 96.3 Å². The smallest absolute Gasteiger partial charge is 0.206 e. The van der Waals surface area contributed by atoms with Gasteiger partial charge in [-0.1, -0.05) is 19.3 Å². The molecule has 0 aromatic rings. The molecule has 134 valence electrons. The maximum Gasteiger partial charge on any atom is 0.271 e. The molecular formula is C20H36F2P+. The molecule has 0 spiro atoms. The number of hydrogen-bond donors (Lipinski definition) is 0. The highest BCUT2D eigenvalue weighted by atomic mass is 31.2. The molecule has 0 aromatic carbocycles. The van der Waals surface area contributed by atoms with Gasteiger partial charge in [0.1, 0.15) is 6.16 Å². The largest absolute Gasteiger partial charge is 0.271 e. The van der Waals surface area contributed by atoms with Crippen LogP contribution in [0.4, 0.5) is 8.78 Å². The van der Waals surface area contributed by atoms with Gasteiger partial charge < -0.3 is 0 Å². The Morgan fingerprint density at radius 1 is 0.565 bits per heavy atom. The van der Waals surface area contributed by atoms with Crippen molar-refractivity contribution in [3.05, 3.63) is 0 Å². The summed E-state index contributed by atoms with van der Waals surface area (Å²) in [5, 5.41) is 0. The van der Waals surface area contributed by atoms with Crippen molar-refractivity contribution in [1.82, 2.24) is 0 Å². The lowest BCUT2D eigenvalue weighted by Gasteiger charge is -2.48. The summed E-state index contributed by atoms with van der Waals surface area (Å²) in [5.74, 6) is 0. The van der Waals surface area contributed by atoms with Gasteiger partial charge in [-0.2, -0.15) is 0 Å². The number of rotatable bonds is 5. The van der Waals surface area contributed by atoms with Crippen molar-refractivity contribution in [1.29, 1.82) is 0 Å². The molecule has 0 N–H and O–H groups in total. The predicted molar refractivity (Wildman–Crippen MR) is 98.4 cm³/mol. The van der Waals surface area contributed by atoms with Crippen LogP contribution in [0, 0.1) is 0 Å². The van der Waals surface area contributed by atoms with Crippen LogP contribution >= 0.6 is 7.26 Å². The van der Waals surface area contributed by atoms with E-state index < -0.39 is 13.7 Å². The van der Waals surface area contributed by atoms with Gasteiger partial charge in [-0.25, -0.2) is 8.78 Å². The number of hydrogen-bond acceptors (Lipinski definition) is 0. The van der Waals surface area contributed by atoms with Gasteiger partial charge in [-0.3, -0.25) is 0 Å². The second-order valence-electron chi connectivity index (χ2n) is 8.44. The molecule has 0 unspecified atom stereocenters. The zero-order chi connectivity index (χ0) is 16.1. The zero-order valence-corrected chi connectivity index (χ0v) is 15.7. The minimum atomic E-state index is -2.06. The van der Waals surface area contributed by atoms with Gasteiger partial charge in [0, 0.05) is 7.26 Å². The highest BCUT2D eigenvalue weighted by Crippen LogP contribution is 2.77. The molecule has 0 atom stereocenters. The molecule has 0 aliphatic heterocycles. The van der Waals surface area contributed by atoms with Crippen molar-refractivity contribution < 1.29 is 8.78 Å². The molecule has 3 heteroatoms. The summed E-state index contributed by atoms with van der Waals surface area (Å²) in [5.41, 5.74) is 2.12. The quantitative estimate of drug-likeness (QED) is 0.460. The van der Waals surface area contributed by atoms with Crippen molar-refractivity contribution in [3.8, 4) is 0 Å². The van der Waals surface area contributed by atoms with Gasteiger partial charge in [0.25, 0.3) is 6.43 Å². The van der Waals surface area contributed by atoms with Crippen LogP contribution in [-0.2, 0) is 0 Å². The van der Waals surface area contributed by atoms with Crippen LogP contribution in [0.2, 0.25) is 0 Å². The first-order valence-corrected chi connectivity index (χ1v) is 12.6. The van der Waals surface area contributed by atoms with Crippen LogP contribution in [0.1, 0.15) is 96.3 Å². The van der Waals surface area contributed by atoms with E-state index in [0.29, 0.717) is 23.1 Å². The van der Waals surface area contributed by atoms with E-state index in [4.69, 9.17) is 0 Å². The lowest BCUT2D eigenvalue weighted by Crippen LogP contribution is -2.39. The standard InChI is InChI=1S/C20H36F2P/c21-20(22)16-23(17-10-4-1-5-11-17,18-12-6-2-7-13-18)19-14-8-3-9-15-19/h17-20H,1-16H2/q+1. The average Bonchev–Trinajstić information content (AvgIpc) is 2.62. The third-order valence-corrected chi connectivity index (χ3v) is 13.8. The van der Waals surface area contributed by atoms with Crippen LogP contribution in [0.5, 0.6) is 0 Å². The van der Waals surface area contributed by atoms with E-state index in [2.05, 4.69) is 0 Å². The van der Waals surface area contributed by atoms with Crippen LogP contribution in [0.15, 0.2) is 0 Å². The molecule has 0 saturated heterocycles. The first-order chi connectivity index (χ1) is 11.2. The van der Waals surface area contributed by atoms with Gasteiger partial charge >= 0.3 is 0 Å². The van der Waals surface area contributed by atoms with Crippen molar-refractivity contribution >= 4 is 7.26 Å². The van der Waals surface area contributed by atoms with Gasteiger partial charge in [0.2, 0.25) is 0 Å². The fraction of sp³-hybridized carbons (Fsp3) is 1.00. The third kappa shape index (κ3) is 4.10. The van der Waals surface area contributed by atoms with Crippen LogP contribution in [-0.4, -0.2) is 29.6 Å². The molecular weight excluding hydrogens is 309 g/mol. The Balaban J connectivity index is 1.91. The van der Waals surface area contributed by atoms with E-state index in [-0.39, 0.29) is 0 Å². The summed E-state index contributed by atoms with van der Waals surface area (Å²) in [6.07, 6.45) is 17.9. The summed E-state index contributed by atoms with van der Waals surface area (Å²) in [4.78, 5) is 0. The topological polar surface area (TPSA) is 0 Å². The van der Waals surface area contributed by atoms with Crippen LogP contribution in [0.25, 0.3) is 0 Å². The van der Waals surface area contributed by atoms with Gasteiger partial charge in [-0.05, 0) is 77.0 Å². The molecule has 3 rings (SSSR count). The van der Waals surface area contributed by atoms with Crippen LogP contribution < -0.4 is 0 Å². The molecule has 0 radical (unpaired) electrons. The Kier molecular flexibility index (Phi) is 6.76. The minimum absolute atomic E-state index is 0.326. The van der Waals surface area contributed by atoms with Crippen molar-refractivity contribution in [3.63, 3.8) is 0 Å². The molecule has 3 aliphatic rings. The monoisotopic (exact) mass is 345 g/mol. The fourth-order valence-electron chi connectivity index (χ4n) is 6.27. The molecule has 0 bridgehead atoms. The SMILES string of the molecule is FC(F)C[P+](C1CCCCC1)(C1CCCCC1)C1CCCCC1. The van der Waals surface area contributed by atoms with E-state index in [1.807, 2.05) is 0 Å². The molecule has 23 heavy (non-hydrogen) atoms. The summed E-state index contributed by atoms with van der Waals surface area (Å²) in [6, 6.07) is 0. The Morgan fingerprint density at radius 3 is 1.13 bits per heavy atom. The van der Waals surface area contributed by atoms with Crippen molar-refractivity contribution in [2.24, 2.45) is 0 Å². The summed E-state index contributed by atoms with van der Waals surface area (Å²) in [7, 11) is -1.53. The second-order valence-corrected chi connectivity index (χ2v) is 13.0. The van der Waals surface area contributed by atoms with Gasteiger partial charge in [0.05, 0.1) is 17.0 Å². The van der Waals surface area contributed by atoms with E-state index >= 15 is 0 Å². The Bertz CT molecular complexity index is 294. The summed E-state index contributed by atoms with van der Waals surface area (Å²) < 4.78 is 27.6. The van der Waals surface area contributed by atoms with Crippen LogP contribution in [0.3, 0.4) is 0 Å². The molecule has 3 saturated carbocycles. The summed E-state index contributed by atoms with van der Waals surface area (Å²) >= 11 is 0. The Hall–Kier alpha value is 0.290. The Morgan fingerprint density at radius 2 is 0.870 bits per heavy atom. The minimum Gasteiger partial charge on any atom is -0.206 e. The average molecular weight is 345 g/mol. The maximum atomic E-state index is 13.8. The van der Waals surface area contributed by atoms with Gasteiger partial charge in [-0.15, -0.1) is 0 Å². The normalized spacial score (nSPS) is 26.7. The highest BCUT2D eigenvalue weighted by Gasteiger charge is 2.58. The summed E-state index contributed by atoms with van der Waals surface area (Å²) in [6.45, 7) is 0. The Labute approximate surface area is 142 Å². The first kappa shape index (κ1) is 18.1. The second kappa shape index (κ2) is 8.59. The van der Waals surface area contributed by atoms with E-state index in [0.717, 1.165) is 0 Å². The molecule has 0 heterocycles. The van der Waals surface area contributed by atoms with E-state index in [1.54, 1.807) is 0 Å². The predicted octanol–water partition coefficient (Wildman–Crippen LogP) is 7.27. The molecule has 0 amide bonds. The highest BCUT2D eigenvalue weighted by molar-refractivity contribution is 7.78. The number of alkyl halides is 2. The van der Waals surface area contributed by atoms with Crippen molar-refractivity contribution in [2.75, 3.05) is 6.16 Å². The fourth-order valence-corrected chi connectivity index (χ4v) is 13.4. The first-order valence-electron chi connectivity index (χ1n) is 10.4. The molecule has 0 aromatic heterocycles. The van der Waals surface area contributed by atoms with Crippen molar-refractivity contribution in [2.45, 2.75) is 120 Å². The zero-order valence-electron chi connectivity index (χ0n) is 14.8. The molecule has 0 nitrogen and oxygen atoms in total. The van der Waals surface area contributed by atoms with Gasteiger partial charge in [0.15, 0.2) is 0 Å². The maximum absolute atomic E-state index is 13.8. The number of halogens is 2.